The van der Waals surface area contributed by atoms with E-state index in [1.54, 1.807) is 18.4 Å². The molecule has 0 saturated carbocycles. The number of carbonyl (C=O) groups excluding carboxylic acids is 1. The number of benzene rings is 1. The van der Waals surface area contributed by atoms with Crippen molar-refractivity contribution >= 4 is 23.2 Å². The molecule has 28 heavy (non-hydrogen) atoms. The number of hydrogen-bond acceptors (Lipinski definition) is 5. The molecule has 8 heteroatoms. The number of hydrogen-bond donors (Lipinski definition) is 3. The zero-order valence-corrected chi connectivity index (χ0v) is 17.6. The molecule has 0 unspecified atom stereocenters. The Bertz CT molecular complexity index is 758. The lowest BCUT2D eigenvalue weighted by Gasteiger charge is -2.11. The highest BCUT2D eigenvalue weighted by Crippen LogP contribution is 2.13. The molecule has 0 aliphatic heterocycles. The third-order valence-corrected chi connectivity index (χ3v) is 5.16. The van der Waals surface area contributed by atoms with Gasteiger partial charge in [0.25, 0.3) is 0 Å². The van der Waals surface area contributed by atoms with Gasteiger partial charge in [-0.25, -0.2) is 9.98 Å². The van der Waals surface area contributed by atoms with E-state index in [0.29, 0.717) is 12.5 Å². The Morgan fingerprint density at radius 2 is 1.96 bits per heavy atom. The van der Waals surface area contributed by atoms with Gasteiger partial charge in [0.05, 0.1) is 12.1 Å². The summed E-state index contributed by atoms with van der Waals surface area (Å²) < 4.78 is 5.13. The van der Waals surface area contributed by atoms with E-state index in [-0.39, 0.29) is 12.5 Å². The number of methoxy groups -OCH3 is 1. The second-order valence-electron chi connectivity index (χ2n) is 6.07. The van der Waals surface area contributed by atoms with Crippen molar-refractivity contribution in [2.45, 2.75) is 33.2 Å². The van der Waals surface area contributed by atoms with E-state index < -0.39 is 0 Å². The molecule has 7 nitrogen and oxygen atoms in total. The molecule has 1 heterocycles. The highest BCUT2D eigenvalue weighted by atomic mass is 32.1. The molecule has 0 saturated heterocycles. The van der Waals surface area contributed by atoms with Crippen LogP contribution in [-0.4, -0.2) is 43.6 Å². The quantitative estimate of drug-likeness (QED) is 0.418. The molecule has 152 valence electrons. The van der Waals surface area contributed by atoms with Crippen LogP contribution in [0.2, 0.25) is 0 Å². The maximum atomic E-state index is 12.1. The first-order valence-electron chi connectivity index (χ1n) is 9.50. The maximum Gasteiger partial charge on any atom is 0.242 e. The summed E-state index contributed by atoms with van der Waals surface area (Å²) in [6, 6.07) is 7.60. The molecule has 0 bridgehead atoms. The van der Waals surface area contributed by atoms with Gasteiger partial charge in [0.1, 0.15) is 12.3 Å². The summed E-state index contributed by atoms with van der Waals surface area (Å²) in [6.45, 7) is 6.11. The van der Waals surface area contributed by atoms with Crippen LogP contribution in [0.5, 0.6) is 5.75 Å². The lowest BCUT2D eigenvalue weighted by Crippen LogP contribution is -2.39. The summed E-state index contributed by atoms with van der Waals surface area (Å²) in [5.41, 5.74) is 1.01. The van der Waals surface area contributed by atoms with Crippen molar-refractivity contribution < 1.29 is 9.53 Å². The Hall–Kier alpha value is -2.61. The summed E-state index contributed by atoms with van der Waals surface area (Å²) >= 11 is 1.74. The predicted octanol–water partition coefficient (Wildman–Crippen LogP) is 2.13. The number of nitrogens with one attached hydrogen (secondary N) is 3. The summed E-state index contributed by atoms with van der Waals surface area (Å²) in [5.74, 6) is 1.31. The molecule has 0 aliphatic carbocycles. The topological polar surface area (TPSA) is 87.6 Å². The minimum absolute atomic E-state index is 0.0721. The third kappa shape index (κ3) is 7.56. The van der Waals surface area contributed by atoms with Crippen LogP contribution < -0.4 is 20.7 Å². The predicted molar refractivity (Wildman–Crippen MR) is 114 cm³/mol. The van der Waals surface area contributed by atoms with E-state index in [0.717, 1.165) is 42.3 Å². The van der Waals surface area contributed by atoms with Crippen LogP contribution in [0.3, 0.4) is 0 Å². The average Bonchev–Trinajstić information content (AvgIpc) is 3.19. The highest BCUT2D eigenvalue weighted by molar-refractivity contribution is 7.11. The maximum absolute atomic E-state index is 12.1. The fourth-order valence-electron chi connectivity index (χ4n) is 2.41. The molecule has 2 aromatic rings. The fourth-order valence-corrected chi connectivity index (χ4v) is 3.27. The number of amides is 1. The van der Waals surface area contributed by atoms with Crippen molar-refractivity contribution in [3.8, 4) is 5.75 Å². The molecule has 3 N–H and O–H groups in total. The first kappa shape index (κ1) is 21.7. The largest absolute Gasteiger partial charge is 0.497 e. The molecular formula is C20H29N5O2S. The van der Waals surface area contributed by atoms with Crippen LogP contribution in [0, 0.1) is 0 Å². The smallest absolute Gasteiger partial charge is 0.242 e. The van der Waals surface area contributed by atoms with E-state index in [1.807, 2.05) is 37.4 Å². The van der Waals surface area contributed by atoms with Crippen LogP contribution in [0.25, 0.3) is 0 Å². The zero-order valence-electron chi connectivity index (χ0n) is 16.7. The van der Waals surface area contributed by atoms with Gasteiger partial charge in [-0.05, 0) is 31.0 Å². The van der Waals surface area contributed by atoms with E-state index in [2.05, 4.69) is 32.9 Å². The van der Waals surface area contributed by atoms with Crippen molar-refractivity contribution in [3.63, 3.8) is 0 Å². The number of carbonyl (C=O) groups is 1. The van der Waals surface area contributed by atoms with E-state index in [4.69, 9.17) is 4.74 Å². The number of aromatic nitrogens is 1. The second-order valence-corrected chi connectivity index (χ2v) is 7.27. The Kier molecular flexibility index (Phi) is 9.27. The molecule has 1 aromatic heterocycles. The van der Waals surface area contributed by atoms with Gasteiger partial charge in [-0.15, -0.1) is 11.3 Å². The lowest BCUT2D eigenvalue weighted by molar-refractivity contribution is -0.119. The fraction of sp³-hybridized carbons (Fsp3) is 0.450. The number of rotatable bonds is 10. The summed E-state index contributed by atoms with van der Waals surface area (Å²) in [7, 11) is 1.63. The molecule has 0 fully saturated rings. The normalized spacial score (nSPS) is 11.2. The van der Waals surface area contributed by atoms with Crippen LogP contribution in [-0.2, 0) is 24.2 Å². The van der Waals surface area contributed by atoms with E-state index in [9.17, 15) is 4.79 Å². The first-order valence-corrected chi connectivity index (χ1v) is 10.3. The van der Waals surface area contributed by atoms with Gasteiger partial charge in [0.15, 0.2) is 5.96 Å². The van der Waals surface area contributed by atoms with Crippen LogP contribution in [0.1, 0.15) is 29.3 Å². The van der Waals surface area contributed by atoms with E-state index in [1.165, 1.54) is 4.88 Å². The van der Waals surface area contributed by atoms with Gasteiger partial charge < -0.3 is 20.7 Å². The second kappa shape index (κ2) is 12.0. The molecule has 1 aromatic carbocycles. The molecule has 0 aliphatic rings. The Labute approximate surface area is 170 Å². The first-order chi connectivity index (χ1) is 13.6. The molecule has 0 atom stereocenters. The van der Waals surface area contributed by atoms with Crippen molar-refractivity contribution in [3.05, 3.63) is 45.9 Å². The summed E-state index contributed by atoms with van der Waals surface area (Å²) in [6.07, 6.45) is 3.78. The van der Waals surface area contributed by atoms with Gasteiger partial charge in [0.2, 0.25) is 5.91 Å². The number of nitrogens with zero attached hydrogens (tertiary/aromatic N) is 2. The third-order valence-electron chi connectivity index (χ3n) is 3.95. The Morgan fingerprint density at radius 1 is 1.18 bits per heavy atom. The number of aliphatic imine (C=N–C) groups is 1. The van der Waals surface area contributed by atoms with Crippen molar-refractivity contribution in [2.75, 3.05) is 26.7 Å². The molecular weight excluding hydrogens is 374 g/mol. The number of guanidine groups is 1. The monoisotopic (exact) mass is 403 g/mol. The lowest BCUT2D eigenvalue weighted by atomic mass is 10.2. The zero-order chi connectivity index (χ0) is 20.2. The number of thiazole rings is 1. The van der Waals surface area contributed by atoms with Crippen LogP contribution >= 0.6 is 11.3 Å². The van der Waals surface area contributed by atoms with Crippen LogP contribution in [0.15, 0.2) is 35.5 Å². The molecule has 2 rings (SSSR count). The van der Waals surface area contributed by atoms with E-state index >= 15 is 0 Å². The van der Waals surface area contributed by atoms with Gasteiger partial charge in [-0.1, -0.05) is 19.1 Å². The Morgan fingerprint density at radius 3 is 2.61 bits per heavy atom. The molecule has 0 radical (unpaired) electrons. The van der Waals surface area contributed by atoms with Crippen molar-refractivity contribution in [2.24, 2.45) is 4.99 Å². The van der Waals surface area contributed by atoms with Gasteiger partial charge >= 0.3 is 0 Å². The SMILES string of the molecule is CCNC(=NCC(=O)NCc1ccc(OC)cc1)NCCc1ncc(CC)s1. The van der Waals surface area contributed by atoms with Crippen molar-refractivity contribution in [1.82, 2.24) is 20.9 Å². The molecule has 1 amide bonds. The summed E-state index contributed by atoms with van der Waals surface area (Å²) in [4.78, 5) is 22.1. The standard InChI is InChI=1S/C20H29N5O2S/c1-4-17-13-24-19(28-17)10-11-22-20(21-5-2)25-14-18(26)23-12-15-6-8-16(27-3)9-7-15/h6-9,13H,4-5,10-12,14H2,1-3H3,(H,23,26)(H2,21,22,25). The van der Waals surface area contributed by atoms with Gasteiger partial charge in [0, 0.05) is 37.1 Å². The highest BCUT2D eigenvalue weighted by Gasteiger charge is 2.04. The number of ether oxygens (including phenoxy) is 1. The average molecular weight is 404 g/mol. The van der Waals surface area contributed by atoms with Crippen molar-refractivity contribution in [1.29, 1.82) is 0 Å². The van der Waals surface area contributed by atoms with Crippen LogP contribution in [0.4, 0.5) is 0 Å². The molecule has 0 spiro atoms. The Balaban J connectivity index is 1.75. The minimum atomic E-state index is -0.125. The number of aryl methyl sites for hydroxylation is 1. The summed E-state index contributed by atoms with van der Waals surface area (Å²) in [5, 5.41) is 10.4. The van der Waals surface area contributed by atoms with Gasteiger partial charge in [-0.3, -0.25) is 4.79 Å². The minimum Gasteiger partial charge on any atom is -0.497 e. The van der Waals surface area contributed by atoms with Gasteiger partial charge in [-0.2, -0.15) is 0 Å².